The van der Waals surface area contributed by atoms with E-state index in [1.54, 1.807) is 13.1 Å². The molecule has 17 heavy (non-hydrogen) atoms. The molecule has 0 spiro atoms. The predicted octanol–water partition coefficient (Wildman–Crippen LogP) is 1.01. The van der Waals surface area contributed by atoms with Crippen molar-refractivity contribution in [1.82, 2.24) is 14.7 Å². The normalized spacial score (nSPS) is 11.6. The highest BCUT2D eigenvalue weighted by atomic mass is 16.3. The highest BCUT2D eigenvalue weighted by molar-refractivity contribution is 5.92. The number of carbonyl (C=O) groups excluding carboxylic acids is 1. The van der Waals surface area contributed by atoms with Crippen molar-refractivity contribution in [2.24, 2.45) is 0 Å². The zero-order valence-electron chi connectivity index (χ0n) is 11.2. The molecule has 5 nitrogen and oxygen atoms in total. The Labute approximate surface area is 102 Å². The number of hydrogen-bond acceptors (Lipinski definition) is 3. The minimum atomic E-state index is -0.162. The second kappa shape index (κ2) is 4.87. The zero-order valence-corrected chi connectivity index (χ0v) is 11.2. The fourth-order valence-corrected chi connectivity index (χ4v) is 1.71. The van der Waals surface area contributed by atoms with Gasteiger partial charge in [-0.05, 0) is 33.8 Å². The van der Waals surface area contributed by atoms with Crippen LogP contribution in [0.4, 0.5) is 0 Å². The van der Waals surface area contributed by atoms with Gasteiger partial charge in [0.15, 0.2) is 5.69 Å². The Morgan fingerprint density at radius 2 is 2.12 bits per heavy atom. The average Bonchev–Trinajstić information content (AvgIpc) is 2.59. The van der Waals surface area contributed by atoms with E-state index < -0.39 is 0 Å². The molecule has 0 aliphatic heterocycles. The maximum Gasteiger partial charge on any atom is 0.274 e. The molecule has 0 aromatic carbocycles. The van der Waals surface area contributed by atoms with Crippen molar-refractivity contribution < 1.29 is 9.90 Å². The summed E-state index contributed by atoms with van der Waals surface area (Å²) < 4.78 is 1.84. The summed E-state index contributed by atoms with van der Waals surface area (Å²) >= 11 is 0. The van der Waals surface area contributed by atoms with Crippen LogP contribution < -0.4 is 0 Å². The van der Waals surface area contributed by atoms with Gasteiger partial charge < -0.3 is 10.0 Å². The number of likely N-dealkylation sites (N-methyl/N-ethyl adjacent to an activating group) is 1. The maximum atomic E-state index is 12.0. The third kappa shape index (κ3) is 3.06. The van der Waals surface area contributed by atoms with Gasteiger partial charge in [0.05, 0.1) is 12.1 Å². The first-order chi connectivity index (χ1) is 7.77. The molecular formula is C12H21N3O2. The highest BCUT2D eigenvalue weighted by Gasteiger charge is 2.21. The van der Waals surface area contributed by atoms with Gasteiger partial charge in [0.25, 0.3) is 5.91 Å². The summed E-state index contributed by atoms with van der Waals surface area (Å²) in [5.41, 5.74) is 1.24. The number of nitrogens with zero attached hydrogens (tertiary/aromatic N) is 3. The molecule has 1 heterocycles. The summed E-state index contributed by atoms with van der Waals surface area (Å²) in [5.74, 6) is -0.162. The fraction of sp³-hybridized carbons (Fsp3) is 0.667. The number of hydrogen-bond donors (Lipinski definition) is 1. The summed E-state index contributed by atoms with van der Waals surface area (Å²) in [6, 6.07) is 1.78. The topological polar surface area (TPSA) is 58.4 Å². The van der Waals surface area contributed by atoms with Gasteiger partial charge in [-0.15, -0.1) is 0 Å². The monoisotopic (exact) mass is 239 g/mol. The third-order valence-electron chi connectivity index (χ3n) is 2.52. The van der Waals surface area contributed by atoms with Gasteiger partial charge in [-0.2, -0.15) is 5.10 Å². The molecule has 1 aromatic heterocycles. The Kier molecular flexibility index (Phi) is 3.93. The summed E-state index contributed by atoms with van der Waals surface area (Å²) in [5, 5.41) is 13.1. The number of aliphatic hydroxyl groups is 1. The van der Waals surface area contributed by atoms with Crippen LogP contribution >= 0.6 is 0 Å². The smallest absolute Gasteiger partial charge is 0.274 e. The van der Waals surface area contributed by atoms with E-state index in [1.807, 2.05) is 32.4 Å². The van der Waals surface area contributed by atoms with E-state index in [2.05, 4.69) is 5.10 Å². The van der Waals surface area contributed by atoms with Crippen LogP contribution in [0.1, 0.15) is 37.0 Å². The van der Waals surface area contributed by atoms with Gasteiger partial charge in [-0.25, -0.2) is 0 Å². The molecule has 0 bridgehead atoms. The lowest BCUT2D eigenvalue weighted by Crippen LogP contribution is -2.30. The average molecular weight is 239 g/mol. The molecule has 1 amide bonds. The number of aliphatic hydroxyl groups excluding tert-OH is 1. The minimum absolute atomic E-state index is 0.0405. The lowest BCUT2D eigenvalue weighted by atomic mass is 10.1. The summed E-state index contributed by atoms with van der Waals surface area (Å²) in [4.78, 5) is 13.4. The summed E-state index contributed by atoms with van der Waals surface area (Å²) in [6.45, 7) is 8.33. The molecule has 1 rings (SSSR count). The standard InChI is InChI=1S/C12H21N3O2/c1-9-8-10(11(17)14(5)6-7-16)13-15(9)12(2,3)4/h8,16H,6-7H2,1-5H3. The van der Waals surface area contributed by atoms with E-state index in [9.17, 15) is 4.79 Å². The number of aromatic nitrogens is 2. The zero-order chi connectivity index (χ0) is 13.2. The number of amides is 1. The Balaban J connectivity index is 2.98. The van der Waals surface area contributed by atoms with Gasteiger partial charge in [0.1, 0.15) is 0 Å². The highest BCUT2D eigenvalue weighted by Crippen LogP contribution is 2.17. The van der Waals surface area contributed by atoms with Crippen molar-refractivity contribution in [3.8, 4) is 0 Å². The van der Waals surface area contributed by atoms with Crippen LogP contribution in [0.3, 0.4) is 0 Å². The molecule has 0 unspecified atom stereocenters. The molecule has 0 saturated heterocycles. The van der Waals surface area contributed by atoms with Crippen molar-refractivity contribution in [3.05, 3.63) is 17.5 Å². The van der Waals surface area contributed by atoms with Crippen molar-refractivity contribution in [2.75, 3.05) is 20.2 Å². The number of aryl methyl sites for hydroxylation is 1. The van der Waals surface area contributed by atoms with Gasteiger partial charge in [-0.3, -0.25) is 9.48 Å². The van der Waals surface area contributed by atoms with E-state index in [4.69, 9.17) is 5.11 Å². The number of rotatable bonds is 3. The second-order valence-electron chi connectivity index (χ2n) is 5.20. The van der Waals surface area contributed by atoms with Crippen LogP contribution in [0, 0.1) is 6.92 Å². The Morgan fingerprint density at radius 3 is 2.53 bits per heavy atom. The third-order valence-corrected chi connectivity index (χ3v) is 2.52. The van der Waals surface area contributed by atoms with Crippen LogP contribution in [-0.2, 0) is 5.54 Å². The SMILES string of the molecule is Cc1cc(C(=O)N(C)CCO)nn1C(C)(C)C. The molecule has 0 atom stereocenters. The Morgan fingerprint density at radius 1 is 1.53 bits per heavy atom. The van der Waals surface area contributed by atoms with Crippen molar-refractivity contribution in [2.45, 2.75) is 33.2 Å². The first-order valence-electron chi connectivity index (χ1n) is 5.71. The minimum Gasteiger partial charge on any atom is -0.395 e. The van der Waals surface area contributed by atoms with E-state index in [0.29, 0.717) is 12.2 Å². The van der Waals surface area contributed by atoms with E-state index in [1.165, 1.54) is 4.90 Å². The van der Waals surface area contributed by atoms with Crippen LogP contribution in [-0.4, -0.2) is 45.9 Å². The molecule has 0 radical (unpaired) electrons. The van der Waals surface area contributed by atoms with Gasteiger partial charge in [0.2, 0.25) is 0 Å². The molecule has 1 N–H and O–H groups in total. The molecule has 1 aromatic rings. The van der Waals surface area contributed by atoms with Crippen molar-refractivity contribution in [1.29, 1.82) is 0 Å². The van der Waals surface area contributed by atoms with E-state index >= 15 is 0 Å². The second-order valence-corrected chi connectivity index (χ2v) is 5.20. The van der Waals surface area contributed by atoms with Gasteiger partial charge >= 0.3 is 0 Å². The molecule has 96 valence electrons. The first-order valence-corrected chi connectivity index (χ1v) is 5.71. The number of carbonyl (C=O) groups is 1. The Hall–Kier alpha value is -1.36. The van der Waals surface area contributed by atoms with E-state index in [0.717, 1.165) is 5.69 Å². The molecule has 5 heteroatoms. The lowest BCUT2D eigenvalue weighted by Gasteiger charge is -2.21. The van der Waals surface area contributed by atoms with E-state index in [-0.39, 0.29) is 18.1 Å². The van der Waals surface area contributed by atoms with Gasteiger partial charge in [0, 0.05) is 19.3 Å². The molecule has 0 aliphatic rings. The van der Waals surface area contributed by atoms with Crippen LogP contribution in [0.15, 0.2) is 6.07 Å². The molecular weight excluding hydrogens is 218 g/mol. The molecule has 0 saturated carbocycles. The largest absolute Gasteiger partial charge is 0.395 e. The van der Waals surface area contributed by atoms with Crippen LogP contribution in [0.2, 0.25) is 0 Å². The maximum absolute atomic E-state index is 12.0. The van der Waals surface area contributed by atoms with Crippen molar-refractivity contribution >= 4 is 5.91 Å². The van der Waals surface area contributed by atoms with Gasteiger partial charge in [-0.1, -0.05) is 0 Å². The first kappa shape index (κ1) is 13.7. The summed E-state index contributed by atoms with van der Waals surface area (Å²) in [6.07, 6.45) is 0. The summed E-state index contributed by atoms with van der Waals surface area (Å²) in [7, 11) is 1.66. The quantitative estimate of drug-likeness (QED) is 0.856. The predicted molar refractivity (Wildman–Crippen MR) is 66.0 cm³/mol. The lowest BCUT2D eigenvalue weighted by molar-refractivity contribution is 0.0759. The molecule has 0 fully saturated rings. The molecule has 0 aliphatic carbocycles. The van der Waals surface area contributed by atoms with Crippen molar-refractivity contribution in [3.63, 3.8) is 0 Å². The Bertz CT molecular complexity index is 404. The fourth-order valence-electron chi connectivity index (χ4n) is 1.71. The van der Waals surface area contributed by atoms with Crippen LogP contribution in [0.5, 0.6) is 0 Å². The van der Waals surface area contributed by atoms with Crippen LogP contribution in [0.25, 0.3) is 0 Å².